The molecule has 0 saturated heterocycles. The molecule has 2 aromatic carbocycles. The molecular formula is C24H26N4O4. The fourth-order valence-corrected chi connectivity index (χ4v) is 3.38. The minimum absolute atomic E-state index is 0.00284. The Bertz CT molecular complexity index is 1290. The van der Waals surface area contributed by atoms with Crippen molar-refractivity contribution in [3.05, 3.63) is 59.9 Å². The minimum Gasteiger partial charge on any atom is -0.480 e. The molecule has 4 rings (SSSR count). The van der Waals surface area contributed by atoms with Gasteiger partial charge in [-0.1, -0.05) is 57.2 Å². The van der Waals surface area contributed by atoms with Gasteiger partial charge in [-0.15, -0.1) is 0 Å². The Morgan fingerprint density at radius 3 is 2.22 bits per heavy atom. The average molecular weight is 434 g/mol. The quantitative estimate of drug-likeness (QED) is 0.446. The SMILES string of the molecule is CC(=O)c1nn(CC(=O)O)c2ccccc12.CC(C)(C)CC(=O)c1n[nH]c2ccccc12. The standard InChI is InChI=1S/C13H16N2O.C11H10N2O3/c1-13(2,3)8-11(16)12-9-6-4-5-7-10(9)14-15-12;1-7(14)11-8-4-2-3-5-9(8)13(12-11)6-10(15)16/h4-7H,8H2,1-3H3,(H,14,15);2-5H,6H2,1H3,(H,15,16). The lowest BCUT2D eigenvalue weighted by Gasteiger charge is -2.15. The summed E-state index contributed by atoms with van der Waals surface area (Å²) in [6.45, 7) is 7.34. The van der Waals surface area contributed by atoms with Crippen LogP contribution in [0.1, 0.15) is 55.1 Å². The highest BCUT2D eigenvalue weighted by Crippen LogP contribution is 2.24. The summed E-state index contributed by atoms with van der Waals surface area (Å²) in [5.41, 5.74) is 2.45. The molecule has 0 spiro atoms. The number of carboxylic acids is 1. The lowest BCUT2D eigenvalue weighted by Crippen LogP contribution is -2.13. The van der Waals surface area contributed by atoms with Gasteiger partial charge < -0.3 is 5.11 Å². The van der Waals surface area contributed by atoms with Crippen molar-refractivity contribution in [1.82, 2.24) is 20.0 Å². The van der Waals surface area contributed by atoms with E-state index >= 15 is 0 Å². The van der Waals surface area contributed by atoms with E-state index in [9.17, 15) is 14.4 Å². The van der Waals surface area contributed by atoms with Gasteiger partial charge in [0.15, 0.2) is 11.6 Å². The topological polar surface area (TPSA) is 118 Å². The first kappa shape index (κ1) is 22.9. The molecule has 2 aromatic heterocycles. The van der Waals surface area contributed by atoms with Crippen LogP contribution in [0.25, 0.3) is 21.8 Å². The van der Waals surface area contributed by atoms with Gasteiger partial charge in [0.2, 0.25) is 0 Å². The fourth-order valence-electron chi connectivity index (χ4n) is 3.38. The Morgan fingerprint density at radius 2 is 1.59 bits per heavy atom. The number of aromatic amines is 1. The molecule has 0 bridgehead atoms. The smallest absolute Gasteiger partial charge is 0.325 e. The highest BCUT2D eigenvalue weighted by Gasteiger charge is 2.20. The van der Waals surface area contributed by atoms with Crippen LogP contribution < -0.4 is 0 Å². The zero-order valence-electron chi connectivity index (χ0n) is 18.5. The van der Waals surface area contributed by atoms with Gasteiger partial charge in [-0.05, 0) is 17.5 Å². The normalized spacial score (nSPS) is 11.2. The van der Waals surface area contributed by atoms with E-state index in [4.69, 9.17) is 5.11 Å². The summed E-state index contributed by atoms with van der Waals surface area (Å²) in [5.74, 6) is -1.05. The monoisotopic (exact) mass is 434 g/mol. The third kappa shape index (κ3) is 5.26. The van der Waals surface area contributed by atoms with Gasteiger partial charge >= 0.3 is 5.97 Å². The Labute approximate surface area is 185 Å². The predicted octanol–water partition coefficient (Wildman–Crippen LogP) is 4.51. The van der Waals surface area contributed by atoms with Crippen LogP contribution in [0.5, 0.6) is 0 Å². The number of rotatable bonds is 5. The maximum Gasteiger partial charge on any atom is 0.325 e. The molecule has 0 radical (unpaired) electrons. The van der Waals surface area contributed by atoms with Crippen molar-refractivity contribution in [3.63, 3.8) is 0 Å². The zero-order valence-corrected chi connectivity index (χ0v) is 18.5. The number of aromatic nitrogens is 4. The molecule has 0 unspecified atom stereocenters. The first-order valence-corrected chi connectivity index (χ1v) is 10.2. The number of fused-ring (bicyclic) bond motifs is 2. The number of hydrogen-bond donors (Lipinski definition) is 2. The first-order chi connectivity index (χ1) is 15.1. The van der Waals surface area contributed by atoms with E-state index in [2.05, 4.69) is 36.1 Å². The minimum atomic E-state index is -0.983. The molecule has 8 nitrogen and oxygen atoms in total. The molecule has 0 aliphatic carbocycles. The van der Waals surface area contributed by atoms with E-state index in [1.165, 1.54) is 11.6 Å². The summed E-state index contributed by atoms with van der Waals surface area (Å²) in [5, 5.41) is 21.3. The van der Waals surface area contributed by atoms with Crippen molar-refractivity contribution in [2.75, 3.05) is 0 Å². The van der Waals surface area contributed by atoms with Crippen molar-refractivity contribution in [3.8, 4) is 0 Å². The molecule has 2 N–H and O–H groups in total. The zero-order chi connectivity index (χ0) is 23.5. The maximum absolute atomic E-state index is 12.1. The number of carboxylic acid groups (broad SMARTS) is 1. The van der Waals surface area contributed by atoms with Crippen LogP contribution in [0.2, 0.25) is 0 Å². The Kier molecular flexibility index (Phi) is 6.53. The molecule has 166 valence electrons. The lowest BCUT2D eigenvalue weighted by atomic mass is 9.88. The summed E-state index contributed by atoms with van der Waals surface area (Å²) in [6, 6.07) is 14.8. The third-order valence-electron chi connectivity index (χ3n) is 4.70. The van der Waals surface area contributed by atoms with Crippen molar-refractivity contribution < 1.29 is 19.5 Å². The summed E-state index contributed by atoms with van der Waals surface area (Å²) in [7, 11) is 0. The van der Waals surface area contributed by atoms with Gasteiger partial charge in [0, 0.05) is 24.1 Å². The van der Waals surface area contributed by atoms with Gasteiger partial charge in [-0.25, -0.2) is 0 Å². The Morgan fingerprint density at radius 1 is 0.969 bits per heavy atom. The van der Waals surface area contributed by atoms with Crippen LogP contribution in [-0.2, 0) is 11.3 Å². The summed E-state index contributed by atoms with van der Waals surface area (Å²) in [6.07, 6.45) is 0.516. The van der Waals surface area contributed by atoms with Crippen LogP contribution >= 0.6 is 0 Å². The predicted molar refractivity (Wildman–Crippen MR) is 122 cm³/mol. The molecule has 2 heterocycles. The molecule has 32 heavy (non-hydrogen) atoms. The van der Waals surface area contributed by atoms with Gasteiger partial charge in [0.1, 0.15) is 17.9 Å². The molecule has 0 amide bonds. The van der Waals surface area contributed by atoms with E-state index in [1.807, 2.05) is 24.3 Å². The number of H-pyrrole nitrogens is 1. The number of nitrogens with one attached hydrogen (secondary N) is 1. The number of Topliss-reactive ketones (excluding diaryl/α,β-unsaturated/α-hetero) is 2. The first-order valence-electron chi connectivity index (χ1n) is 10.2. The molecule has 4 aromatic rings. The number of benzene rings is 2. The van der Waals surface area contributed by atoms with Crippen molar-refractivity contribution >= 4 is 39.3 Å². The molecule has 0 atom stereocenters. The lowest BCUT2D eigenvalue weighted by molar-refractivity contribution is -0.137. The second-order valence-electron chi connectivity index (χ2n) is 8.75. The Hall–Kier alpha value is -3.81. The third-order valence-corrected chi connectivity index (χ3v) is 4.70. The molecule has 0 fully saturated rings. The molecule has 0 saturated carbocycles. The van der Waals surface area contributed by atoms with Crippen LogP contribution in [-0.4, -0.2) is 42.6 Å². The average Bonchev–Trinajstić information content (AvgIpc) is 3.29. The van der Waals surface area contributed by atoms with Crippen molar-refractivity contribution in [1.29, 1.82) is 0 Å². The number of aliphatic carboxylic acids is 1. The van der Waals surface area contributed by atoms with Crippen LogP contribution in [0.15, 0.2) is 48.5 Å². The highest BCUT2D eigenvalue weighted by atomic mass is 16.4. The van der Waals surface area contributed by atoms with E-state index in [0.29, 0.717) is 28.7 Å². The van der Waals surface area contributed by atoms with Crippen LogP contribution in [0.4, 0.5) is 0 Å². The van der Waals surface area contributed by atoms with Gasteiger partial charge in [0.05, 0.1) is 11.0 Å². The second kappa shape index (κ2) is 9.13. The van der Waals surface area contributed by atoms with Gasteiger partial charge in [-0.2, -0.15) is 10.2 Å². The van der Waals surface area contributed by atoms with Crippen LogP contribution in [0, 0.1) is 5.41 Å². The van der Waals surface area contributed by atoms with E-state index < -0.39 is 5.97 Å². The van der Waals surface area contributed by atoms with Gasteiger partial charge in [0.25, 0.3) is 0 Å². The van der Waals surface area contributed by atoms with Crippen molar-refractivity contribution in [2.45, 2.75) is 40.7 Å². The van der Waals surface area contributed by atoms with Gasteiger partial charge in [-0.3, -0.25) is 24.2 Å². The number of ketones is 2. The van der Waals surface area contributed by atoms with Crippen molar-refractivity contribution in [2.24, 2.45) is 5.41 Å². The highest BCUT2D eigenvalue weighted by molar-refractivity contribution is 6.06. The van der Waals surface area contributed by atoms with E-state index in [0.717, 1.165) is 10.9 Å². The largest absolute Gasteiger partial charge is 0.480 e. The van der Waals surface area contributed by atoms with E-state index in [-0.39, 0.29) is 23.5 Å². The second-order valence-corrected chi connectivity index (χ2v) is 8.75. The van der Waals surface area contributed by atoms with E-state index in [1.54, 1.807) is 24.3 Å². The Balaban J connectivity index is 0.000000181. The summed E-state index contributed by atoms with van der Waals surface area (Å²) in [4.78, 5) is 34.0. The van der Waals surface area contributed by atoms with Crippen LogP contribution in [0.3, 0.4) is 0 Å². The number of nitrogens with zero attached hydrogens (tertiary/aromatic N) is 3. The molecule has 8 heteroatoms. The summed E-state index contributed by atoms with van der Waals surface area (Å²) < 4.78 is 1.33. The number of hydrogen-bond acceptors (Lipinski definition) is 5. The number of carbonyl (C=O) groups is 3. The number of para-hydroxylation sites is 2. The number of carbonyl (C=O) groups excluding carboxylic acids is 2. The molecule has 0 aliphatic rings. The molecule has 0 aliphatic heterocycles. The molecular weight excluding hydrogens is 408 g/mol. The fraction of sp³-hybridized carbons (Fsp3) is 0.292. The summed E-state index contributed by atoms with van der Waals surface area (Å²) >= 11 is 0. The maximum atomic E-state index is 12.1.